The maximum absolute atomic E-state index is 5.92. The van der Waals surface area contributed by atoms with Crippen molar-refractivity contribution in [3.8, 4) is 0 Å². The lowest BCUT2D eigenvalue weighted by Crippen LogP contribution is -2.17. The van der Waals surface area contributed by atoms with Gasteiger partial charge in [-0.1, -0.05) is 11.6 Å². The highest BCUT2D eigenvalue weighted by Gasteiger charge is 2.06. The number of pyridine rings is 1. The van der Waals surface area contributed by atoms with E-state index in [0.29, 0.717) is 0 Å². The van der Waals surface area contributed by atoms with Crippen LogP contribution in [0.5, 0.6) is 0 Å². The topological polar surface area (TPSA) is 38.5 Å². The quantitative estimate of drug-likeness (QED) is 0.676. The van der Waals surface area contributed by atoms with Crippen molar-refractivity contribution in [1.29, 1.82) is 0 Å². The van der Waals surface area contributed by atoms with E-state index in [4.69, 9.17) is 11.6 Å². The molecular weight excluding hydrogens is 258 g/mol. The highest BCUT2D eigenvalue weighted by molar-refractivity contribution is 6.30. The Morgan fingerprint density at radius 1 is 1.21 bits per heavy atom. The second kappa shape index (κ2) is 6.34. The second-order valence-corrected chi connectivity index (χ2v) is 4.93. The summed E-state index contributed by atoms with van der Waals surface area (Å²) in [4.78, 5) is 7.66. The zero-order valence-electron chi connectivity index (χ0n) is 11.0. The fraction of sp³-hybridized carbons (Fsp3) is 0.200. The minimum Gasteiger partial charge on any atom is -0.335 e. The lowest BCUT2D eigenvalue weighted by molar-refractivity contribution is -0.377. The van der Waals surface area contributed by atoms with E-state index in [1.807, 2.05) is 48.8 Å². The lowest BCUT2D eigenvalue weighted by Gasteiger charge is -2.10. The molecule has 0 atom stereocenters. The first-order valence-corrected chi connectivity index (χ1v) is 6.60. The largest absolute Gasteiger partial charge is 0.335 e. The summed E-state index contributed by atoms with van der Waals surface area (Å²) >= 11 is 5.92. The van der Waals surface area contributed by atoms with E-state index < -0.39 is 0 Å². The van der Waals surface area contributed by atoms with Gasteiger partial charge in [-0.15, -0.1) is 0 Å². The van der Waals surface area contributed by atoms with Crippen LogP contribution >= 0.6 is 11.6 Å². The van der Waals surface area contributed by atoms with E-state index in [9.17, 15) is 0 Å². The molecular formula is C15H17ClN3+. The SMILES string of the molecule is CC(C)N=C(Nc1ccc[nH+]c1)c1ccc(Cl)cc1. The van der Waals surface area contributed by atoms with E-state index in [0.717, 1.165) is 22.1 Å². The van der Waals surface area contributed by atoms with Crippen molar-refractivity contribution in [3.63, 3.8) is 0 Å². The van der Waals surface area contributed by atoms with Gasteiger partial charge >= 0.3 is 0 Å². The molecule has 0 saturated carbocycles. The Hall–Kier alpha value is -1.87. The van der Waals surface area contributed by atoms with Crippen molar-refractivity contribution in [2.45, 2.75) is 19.9 Å². The smallest absolute Gasteiger partial charge is 0.190 e. The summed E-state index contributed by atoms with van der Waals surface area (Å²) in [6.45, 7) is 4.10. The molecule has 98 valence electrons. The molecule has 0 aliphatic heterocycles. The van der Waals surface area contributed by atoms with Crippen LogP contribution in [-0.4, -0.2) is 11.9 Å². The number of anilines is 1. The maximum Gasteiger partial charge on any atom is 0.190 e. The molecule has 1 aromatic heterocycles. The number of H-pyrrole nitrogens is 1. The van der Waals surface area contributed by atoms with Gasteiger partial charge < -0.3 is 5.32 Å². The fourth-order valence-electron chi connectivity index (χ4n) is 1.65. The van der Waals surface area contributed by atoms with Crippen LogP contribution in [0.3, 0.4) is 0 Å². The molecule has 2 N–H and O–H groups in total. The number of nitrogens with zero attached hydrogens (tertiary/aromatic N) is 1. The van der Waals surface area contributed by atoms with Crippen molar-refractivity contribution >= 4 is 23.1 Å². The summed E-state index contributed by atoms with van der Waals surface area (Å²) in [5.74, 6) is 0.839. The molecule has 0 fully saturated rings. The molecule has 0 unspecified atom stereocenters. The number of benzene rings is 1. The molecule has 0 bridgehead atoms. The van der Waals surface area contributed by atoms with E-state index in [-0.39, 0.29) is 6.04 Å². The lowest BCUT2D eigenvalue weighted by atomic mass is 10.2. The third kappa shape index (κ3) is 4.07. The Labute approximate surface area is 118 Å². The summed E-state index contributed by atoms with van der Waals surface area (Å²) in [6.07, 6.45) is 3.76. The number of hydrogen-bond acceptors (Lipinski definition) is 1. The Morgan fingerprint density at radius 2 is 1.95 bits per heavy atom. The summed E-state index contributed by atoms with van der Waals surface area (Å²) in [7, 11) is 0. The minimum atomic E-state index is 0.214. The van der Waals surface area contributed by atoms with Crippen LogP contribution < -0.4 is 10.3 Å². The maximum atomic E-state index is 5.92. The number of nitrogens with one attached hydrogen (secondary N) is 2. The van der Waals surface area contributed by atoms with Crippen LogP contribution in [0.1, 0.15) is 19.4 Å². The average molecular weight is 275 g/mol. The first kappa shape index (κ1) is 13.6. The third-order valence-electron chi connectivity index (χ3n) is 2.47. The van der Waals surface area contributed by atoms with Crippen molar-refractivity contribution in [2.75, 3.05) is 5.32 Å². The van der Waals surface area contributed by atoms with Gasteiger partial charge in [0.1, 0.15) is 11.5 Å². The molecule has 2 aromatic rings. The van der Waals surface area contributed by atoms with Gasteiger partial charge in [0.2, 0.25) is 0 Å². The first-order valence-electron chi connectivity index (χ1n) is 6.22. The van der Waals surface area contributed by atoms with Crippen LogP contribution in [0.4, 0.5) is 5.69 Å². The summed E-state index contributed by atoms with van der Waals surface area (Å²) in [6, 6.07) is 11.8. The average Bonchev–Trinajstić information content (AvgIpc) is 2.39. The Kier molecular flexibility index (Phi) is 4.53. The van der Waals surface area contributed by atoms with Crippen molar-refractivity contribution in [1.82, 2.24) is 0 Å². The molecule has 0 spiro atoms. The summed E-state index contributed by atoms with van der Waals surface area (Å²) in [5.41, 5.74) is 1.99. The van der Waals surface area contributed by atoms with E-state index in [1.54, 1.807) is 0 Å². The van der Waals surface area contributed by atoms with Gasteiger partial charge in [-0.2, -0.15) is 0 Å². The standard InChI is InChI=1S/C15H16ClN3/c1-11(2)18-15(12-5-7-13(16)8-6-12)19-14-4-3-9-17-10-14/h3-11H,1-2H3,(H,18,19)/p+1. The van der Waals surface area contributed by atoms with E-state index >= 15 is 0 Å². The molecule has 0 aliphatic rings. The Balaban J connectivity index is 2.29. The summed E-state index contributed by atoms with van der Waals surface area (Å²) < 4.78 is 0. The third-order valence-corrected chi connectivity index (χ3v) is 2.73. The fourth-order valence-corrected chi connectivity index (χ4v) is 1.78. The Morgan fingerprint density at radius 3 is 2.53 bits per heavy atom. The van der Waals surface area contributed by atoms with Crippen LogP contribution in [0, 0.1) is 0 Å². The van der Waals surface area contributed by atoms with Crippen LogP contribution in [0.2, 0.25) is 5.02 Å². The van der Waals surface area contributed by atoms with Gasteiger partial charge in [0, 0.05) is 22.7 Å². The molecule has 2 rings (SSSR count). The number of hydrogen-bond donors (Lipinski definition) is 1. The number of halogens is 1. The molecule has 3 nitrogen and oxygen atoms in total. The molecule has 4 heteroatoms. The van der Waals surface area contributed by atoms with Gasteiger partial charge in [-0.25, -0.2) is 4.98 Å². The van der Waals surface area contributed by atoms with E-state index in [1.165, 1.54) is 0 Å². The van der Waals surface area contributed by atoms with Crippen LogP contribution in [-0.2, 0) is 0 Å². The number of amidine groups is 1. The monoisotopic (exact) mass is 274 g/mol. The molecule has 0 aliphatic carbocycles. The predicted molar refractivity (Wildman–Crippen MR) is 79.7 cm³/mol. The van der Waals surface area contributed by atoms with E-state index in [2.05, 4.69) is 29.1 Å². The molecule has 0 radical (unpaired) electrons. The zero-order valence-corrected chi connectivity index (χ0v) is 11.8. The van der Waals surface area contributed by atoms with Gasteiger partial charge in [0.15, 0.2) is 12.4 Å². The molecule has 19 heavy (non-hydrogen) atoms. The van der Waals surface area contributed by atoms with Crippen LogP contribution in [0.15, 0.2) is 53.8 Å². The predicted octanol–water partition coefficient (Wildman–Crippen LogP) is 3.42. The van der Waals surface area contributed by atoms with Gasteiger partial charge in [-0.3, -0.25) is 4.99 Å². The number of aromatic amines is 1. The van der Waals surface area contributed by atoms with Crippen LogP contribution in [0.25, 0.3) is 0 Å². The number of aliphatic imine (C=N–C) groups is 1. The van der Waals surface area contributed by atoms with Crippen molar-refractivity contribution in [3.05, 3.63) is 59.4 Å². The minimum absolute atomic E-state index is 0.214. The van der Waals surface area contributed by atoms with Crippen molar-refractivity contribution in [2.24, 2.45) is 4.99 Å². The van der Waals surface area contributed by atoms with Gasteiger partial charge in [-0.05, 0) is 44.2 Å². The van der Waals surface area contributed by atoms with Crippen molar-refractivity contribution < 1.29 is 4.98 Å². The first-order chi connectivity index (χ1) is 9.15. The second-order valence-electron chi connectivity index (χ2n) is 4.50. The molecule has 1 aromatic carbocycles. The molecule has 0 amide bonds. The highest BCUT2D eigenvalue weighted by Crippen LogP contribution is 2.13. The number of aromatic nitrogens is 1. The molecule has 0 saturated heterocycles. The van der Waals surface area contributed by atoms with Gasteiger partial charge in [0.25, 0.3) is 0 Å². The Bertz CT molecular complexity index is 547. The zero-order chi connectivity index (χ0) is 13.7. The highest BCUT2D eigenvalue weighted by atomic mass is 35.5. The molecule has 1 heterocycles. The number of rotatable bonds is 3. The van der Waals surface area contributed by atoms with Gasteiger partial charge in [0.05, 0.1) is 0 Å². The normalized spacial score (nSPS) is 11.7. The summed E-state index contributed by atoms with van der Waals surface area (Å²) in [5, 5.41) is 4.04.